The topological polar surface area (TPSA) is 64.0 Å². The molecule has 7 heteroatoms. The molecule has 1 aromatic carbocycles. The quantitative estimate of drug-likeness (QED) is 0.479. The Morgan fingerprint density at radius 3 is 2.74 bits per heavy atom. The van der Waals surface area contributed by atoms with Gasteiger partial charge in [-0.3, -0.25) is 14.2 Å². The Labute approximate surface area is 166 Å². The van der Waals surface area contributed by atoms with E-state index < -0.39 is 0 Å². The van der Waals surface area contributed by atoms with Crippen LogP contribution in [0.25, 0.3) is 5.69 Å². The van der Waals surface area contributed by atoms with Crippen LogP contribution in [-0.4, -0.2) is 27.0 Å². The maximum absolute atomic E-state index is 12.5. The van der Waals surface area contributed by atoms with Gasteiger partial charge in [0.15, 0.2) is 10.9 Å². The predicted molar refractivity (Wildman–Crippen MR) is 110 cm³/mol. The van der Waals surface area contributed by atoms with Crippen molar-refractivity contribution in [1.82, 2.24) is 14.9 Å². The number of aryl methyl sites for hydroxylation is 2. The van der Waals surface area contributed by atoms with Gasteiger partial charge in [0.2, 0.25) is 5.91 Å². The third-order valence-electron chi connectivity index (χ3n) is 4.16. The second kappa shape index (κ2) is 8.54. The van der Waals surface area contributed by atoms with Crippen LogP contribution in [0.3, 0.4) is 0 Å². The number of Topliss-reactive ketones (excluding diaryl/α,β-unsaturated/α-hetero) is 1. The molecule has 140 valence electrons. The monoisotopic (exact) mass is 399 g/mol. The van der Waals surface area contributed by atoms with Gasteiger partial charge in [-0.05, 0) is 49.2 Å². The summed E-state index contributed by atoms with van der Waals surface area (Å²) in [6.07, 6.45) is 3.66. The summed E-state index contributed by atoms with van der Waals surface area (Å²) in [5.74, 6) is 0.306. The first-order chi connectivity index (χ1) is 12.9. The number of rotatable bonds is 7. The Bertz CT molecular complexity index is 975. The Balaban J connectivity index is 1.65. The average molecular weight is 400 g/mol. The van der Waals surface area contributed by atoms with Crippen molar-refractivity contribution in [1.29, 1.82) is 0 Å². The highest BCUT2D eigenvalue weighted by molar-refractivity contribution is 7.99. The highest BCUT2D eigenvalue weighted by Crippen LogP contribution is 2.24. The summed E-state index contributed by atoms with van der Waals surface area (Å²) in [5.41, 5.74) is 3.51. The maximum atomic E-state index is 12.5. The van der Waals surface area contributed by atoms with Crippen molar-refractivity contribution in [3.8, 4) is 5.69 Å². The predicted octanol–water partition coefficient (Wildman–Crippen LogP) is 4.16. The Kier molecular flexibility index (Phi) is 6.13. The zero-order valence-corrected chi connectivity index (χ0v) is 17.1. The molecule has 0 radical (unpaired) electrons. The molecule has 2 aromatic heterocycles. The van der Waals surface area contributed by atoms with Gasteiger partial charge in [-0.15, -0.1) is 11.3 Å². The van der Waals surface area contributed by atoms with Gasteiger partial charge >= 0.3 is 0 Å². The fraction of sp³-hybridized carbons (Fsp3) is 0.250. The second-order valence-electron chi connectivity index (χ2n) is 6.24. The molecule has 27 heavy (non-hydrogen) atoms. The van der Waals surface area contributed by atoms with Crippen LogP contribution in [0.4, 0.5) is 0 Å². The van der Waals surface area contributed by atoms with Crippen molar-refractivity contribution in [3.05, 3.63) is 63.6 Å². The van der Waals surface area contributed by atoms with Crippen LogP contribution in [0.1, 0.15) is 32.6 Å². The number of carbonyl (C=O) groups excluding carboxylic acids is 2. The molecule has 5 nitrogen and oxygen atoms in total. The van der Waals surface area contributed by atoms with Crippen LogP contribution in [0, 0.1) is 13.8 Å². The third kappa shape index (κ3) is 4.87. The van der Waals surface area contributed by atoms with Crippen LogP contribution in [0.15, 0.2) is 47.9 Å². The lowest BCUT2D eigenvalue weighted by Crippen LogP contribution is -2.18. The molecule has 0 saturated heterocycles. The SMILES string of the molecule is CC(=O)NCc1ccc(C(=O)CSc2nccn2-c2ccc(C)c(C)c2)s1. The number of hydrogen-bond donors (Lipinski definition) is 1. The van der Waals surface area contributed by atoms with Gasteiger partial charge in [-0.1, -0.05) is 17.8 Å². The van der Waals surface area contributed by atoms with E-state index in [2.05, 4.69) is 42.3 Å². The summed E-state index contributed by atoms with van der Waals surface area (Å²) >= 11 is 2.85. The van der Waals surface area contributed by atoms with E-state index in [1.807, 2.05) is 22.9 Å². The van der Waals surface area contributed by atoms with Gasteiger partial charge in [-0.2, -0.15) is 0 Å². The molecule has 0 aliphatic carbocycles. The number of imidazole rings is 1. The normalized spacial score (nSPS) is 10.8. The number of aromatic nitrogens is 2. The van der Waals surface area contributed by atoms with Crippen molar-refractivity contribution < 1.29 is 9.59 Å². The Morgan fingerprint density at radius 1 is 1.19 bits per heavy atom. The lowest BCUT2D eigenvalue weighted by molar-refractivity contribution is -0.119. The van der Waals surface area contributed by atoms with E-state index in [0.717, 1.165) is 15.7 Å². The number of ketones is 1. The first-order valence-electron chi connectivity index (χ1n) is 8.54. The smallest absolute Gasteiger partial charge is 0.217 e. The van der Waals surface area contributed by atoms with E-state index in [0.29, 0.717) is 17.2 Å². The van der Waals surface area contributed by atoms with E-state index in [9.17, 15) is 9.59 Å². The fourth-order valence-electron chi connectivity index (χ4n) is 2.50. The zero-order valence-electron chi connectivity index (χ0n) is 15.5. The molecule has 0 atom stereocenters. The molecule has 1 N–H and O–H groups in total. The fourth-order valence-corrected chi connectivity index (χ4v) is 4.34. The van der Waals surface area contributed by atoms with E-state index >= 15 is 0 Å². The molecule has 3 aromatic rings. The number of thioether (sulfide) groups is 1. The number of nitrogens with zero attached hydrogens (tertiary/aromatic N) is 2. The standard InChI is InChI=1S/C20H21N3O2S2/c1-13-4-5-16(10-14(13)2)23-9-8-21-20(23)26-12-18(25)19-7-6-17(27-19)11-22-15(3)24/h4-10H,11-12H2,1-3H3,(H,22,24). The van der Waals surface area contributed by atoms with E-state index in [4.69, 9.17) is 0 Å². The lowest BCUT2D eigenvalue weighted by Gasteiger charge is -2.09. The summed E-state index contributed by atoms with van der Waals surface area (Å²) in [6, 6.07) is 9.97. The van der Waals surface area contributed by atoms with Crippen molar-refractivity contribution in [3.63, 3.8) is 0 Å². The summed E-state index contributed by atoms with van der Waals surface area (Å²) in [5, 5.41) is 3.54. The van der Waals surface area contributed by atoms with Crippen molar-refractivity contribution in [2.45, 2.75) is 32.5 Å². The summed E-state index contributed by atoms with van der Waals surface area (Å²) in [4.78, 5) is 29.6. The Hall–Kier alpha value is -2.38. The summed E-state index contributed by atoms with van der Waals surface area (Å²) in [7, 11) is 0. The van der Waals surface area contributed by atoms with Crippen molar-refractivity contribution >= 4 is 34.8 Å². The average Bonchev–Trinajstić information content (AvgIpc) is 3.29. The third-order valence-corrected chi connectivity index (χ3v) is 6.25. The highest BCUT2D eigenvalue weighted by Gasteiger charge is 2.13. The molecule has 0 aliphatic rings. The number of nitrogens with one attached hydrogen (secondary N) is 1. The number of thiophene rings is 1. The first-order valence-corrected chi connectivity index (χ1v) is 10.3. The first kappa shape index (κ1) is 19.4. The second-order valence-corrected chi connectivity index (χ2v) is 8.35. The number of benzene rings is 1. The number of carbonyl (C=O) groups is 2. The van der Waals surface area contributed by atoms with E-state index in [-0.39, 0.29) is 11.7 Å². The molecule has 0 saturated carbocycles. The van der Waals surface area contributed by atoms with Gasteiger partial charge in [0.1, 0.15) is 0 Å². The van der Waals surface area contributed by atoms with Gasteiger partial charge in [0.05, 0.1) is 17.2 Å². The molecule has 2 heterocycles. The molecular formula is C20H21N3O2S2. The summed E-state index contributed by atoms with van der Waals surface area (Å²) < 4.78 is 2.00. The molecule has 0 unspecified atom stereocenters. The Morgan fingerprint density at radius 2 is 2.00 bits per heavy atom. The minimum atomic E-state index is -0.0787. The van der Waals surface area contributed by atoms with Crippen LogP contribution in [-0.2, 0) is 11.3 Å². The van der Waals surface area contributed by atoms with Gasteiger partial charge in [0, 0.05) is 29.9 Å². The minimum Gasteiger partial charge on any atom is -0.351 e. The largest absolute Gasteiger partial charge is 0.351 e. The molecule has 0 fully saturated rings. The van der Waals surface area contributed by atoms with Gasteiger partial charge in [0.25, 0.3) is 0 Å². The molecule has 0 bridgehead atoms. The van der Waals surface area contributed by atoms with Crippen molar-refractivity contribution in [2.75, 3.05) is 5.75 Å². The van der Waals surface area contributed by atoms with Crippen molar-refractivity contribution in [2.24, 2.45) is 0 Å². The van der Waals surface area contributed by atoms with Crippen LogP contribution >= 0.6 is 23.1 Å². The number of amides is 1. The molecule has 1 amide bonds. The molecule has 3 rings (SSSR count). The van der Waals surface area contributed by atoms with Gasteiger partial charge < -0.3 is 5.32 Å². The van der Waals surface area contributed by atoms with E-state index in [1.54, 1.807) is 6.20 Å². The molecule has 0 spiro atoms. The van der Waals surface area contributed by atoms with Gasteiger partial charge in [-0.25, -0.2) is 4.98 Å². The molecular weight excluding hydrogens is 378 g/mol. The minimum absolute atomic E-state index is 0.0636. The molecule has 0 aliphatic heterocycles. The lowest BCUT2D eigenvalue weighted by atomic mass is 10.1. The van der Waals surface area contributed by atoms with Crippen LogP contribution < -0.4 is 5.32 Å². The summed E-state index contributed by atoms with van der Waals surface area (Å²) in [6.45, 7) is 6.11. The maximum Gasteiger partial charge on any atom is 0.217 e. The van der Waals surface area contributed by atoms with Crippen LogP contribution in [0.5, 0.6) is 0 Å². The van der Waals surface area contributed by atoms with E-state index in [1.165, 1.54) is 41.1 Å². The van der Waals surface area contributed by atoms with Crippen LogP contribution in [0.2, 0.25) is 0 Å². The zero-order chi connectivity index (χ0) is 19.4. The number of hydrogen-bond acceptors (Lipinski definition) is 5. The highest BCUT2D eigenvalue weighted by atomic mass is 32.2.